The van der Waals surface area contributed by atoms with Crippen LogP contribution < -0.4 is 5.32 Å². The van der Waals surface area contributed by atoms with Crippen LogP contribution in [-0.4, -0.2) is 0 Å². The monoisotopic (exact) mass is 227 g/mol. The van der Waals surface area contributed by atoms with Gasteiger partial charge in [-0.3, -0.25) is 0 Å². The maximum Gasteiger partial charge on any atom is 0.193 e. The van der Waals surface area contributed by atoms with E-state index in [2.05, 4.69) is 43.1 Å². The Labute approximate surface area is 102 Å². The standard InChI is InChI=1S/C15H17NO/c1-3-6-14(16-15-9-5-10-17-15)13-8-4-7-12(2)11-13/h3-5,7-11,14,16H,1,6H2,2H3. The zero-order chi connectivity index (χ0) is 12.1. The molecule has 1 aromatic heterocycles. The molecule has 1 aromatic carbocycles. The van der Waals surface area contributed by atoms with Crippen LogP contribution in [0, 0.1) is 6.92 Å². The van der Waals surface area contributed by atoms with Crippen LogP contribution in [0.1, 0.15) is 23.6 Å². The average Bonchev–Trinajstić information content (AvgIpc) is 2.81. The number of hydrogen-bond acceptors (Lipinski definition) is 2. The maximum atomic E-state index is 5.32. The molecule has 1 heterocycles. The van der Waals surface area contributed by atoms with E-state index in [4.69, 9.17) is 4.42 Å². The molecule has 0 aliphatic rings. The van der Waals surface area contributed by atoms with Gasteiger partial charge in [0.15, 0.2) is 5.88 Å². The van der Waals surface area contributed by atoms with Crippen molar-refractivity contribution < 1.29 is 4.42 Å². The van der Waals surface area contributed by atoms with E-state index >= 15 is 0 Å². The summed E-state index contributed by atoms with van der Waals surface area (Å²) in [7, 11) is 0. The Kier molecular flexibility index (Phi) is 3.66. The molecule has 2 heteroatoms. The Hall–Kier alpha value is -1.96. The lowest BCUT2D eigenvalue weighted by atomic mass is 10.0. The summed E-state index contributed by atoms with van der Waals surface area (Å²) in [6, 6.07) is 12.5. The van der Waals surface area contributed by atoms with Gasteiger partial charge in [-0.25, -0.2) is 0 Å². The minimum atomic E-state index is 0.207. The number of hydrogen-bond donors (Lipinski definition) is 1. The van der Waals surface area contributed by atoms with Crippen LogP contribution in [-0.2, 0) is 0 Å². The van der Waals surface area contributed by atoms with Gasteiger partial charge in [-0.15, -0.1) is 6.58 Å². The van der Waals surface area contributed by atoms with Gasteiger partial charge < -0.3 is 9.73 Å². The van der Waals surface area contributed by atoms with E-state index < -0.39 is 0 Å². The Bertz CT molecular complexity index is 473. The highest BCUT2D eigenvalue weighted by Crippen LogP contribution is 2.23. The molecule has 88 valence electrons. The average molecular weight is 227 g/mol. The van der Waals surface area contributed by atoms with E-state index in [0.29, 0.717) is 0 Å². The number of furan rings is 1. The third-order valence-electron chi connectivity index (χ3n) is 2.68. The molecule has 0 saturated heterocycles. The van der Waals surface area contributed by atoms with Crippen molar-refractivity contribution in [3.05, 3.63) is 66.4 Å². The van der Waals surface area contributed by atoms with Gasteiger partial charge in [0.1, 0.15) is 0 Å². The quantitative estimate of drug-likeness (QED) is 0.770. The van der Waals surface area contributed by atoms with Gasteiger partial charge >= 0.3 is 0 Å². The molecule has 2 aromatic rings. The van der Waals surface area contributed by atoms with Gasteiger partial charge in [0.25, 0.3) is 0 Å². The minimum absolute atomic E-state index is 0.207. The number of benzene rings is 1. The predicted molar refractivity (Wildman–Crippen MR) is 71.1 cm³/mol. The Balaban J connectivity index is 2.19. The van der Waals surface area contributed by atoms with E-state index in [1.54, 1.807) is 6.26 Å². The molecule has 1 atom stereocenters. The molecule has 0 spiro atoms. The molecular formula is C15H17NO. The third-order valence-corrected chi connectivity index (χ3v) is 2.68. The van der Waals surface area contributed by atoms with Crippen molar-refractivity contribution in [1.82, 2.24) is 0 Å². The van der Waals surface area contributed by atoms with Crippen LogP contribution in [0.2, 0.25) is 0 Å². The Morgan fingerprint density at radius 2 is 2.24 bits per heavy atom. The summed E-state index contributed by atoms with van der Waals surface area (Å²) in [5, 5.41) is 3.37. The zero-order valence-corrected chi connectivity index (χ0v) is 10.0. The fraction of sp³-hybridized carbons (Fsp3) is 0.200. The second-order valence-electron chi connectivity index (χ2n) is 4.11. The topological polar surface area (TPSA) is 25.2 Å². The van der Waals surface area contributed by atoms with Crippen LogP contribution >= 0.6 is 0 Å². The molecule has 1 N–H and O–H groups in total. The van der Waals surface area contributed by atoms with Gasteiger partial charge in [0.2, 0.25) is 0 Å². The van der Waals surface area contributed by atoms with Gasteiger partial charge in [-0.1, -0.05) is 35.9 Å². The number of aryl methyl sites for hydroxylation is 1. The van der Waals surface area contributed by atoms with Crippen LogP contribution in [0.3, 0.4) is 0 Å². The molecule has 1 unspecified atom stereocenters. The molecule has 0 aliphatic carbocycles. The van der Waals surface area contributed by atoms with Crippen molar-refractivity contribution in [3.63, 3.8) is 0 Å². The van der Waals surface area contributed by atoms with E-state index in [1.807, 2.05) is 18.2 Å². The van der Waals surface area contributed by atoms with Crippen LogP contribution in [0.5, 0.6) is 0 Å². The molecule has 2 nitrogen and oxygen atoms in total. The molecule has 0 radical (unpaired) electrons. The second-order valence-corrected chi connectivity index (χ2v) is 4.11. The first-order chi connectivity index (χ1) is 8.29. The summed E-state index contributed by atoms with van der Waals surface area (Å²) in [4.78, 5) is 0. The third kappa shape index (κ3) is 3.00. The van der Waals surface area contributed by atoms with Crippen molar-refractivity contribution in [3.8, 4) is 0 Å². The van der Waals surface area contributed by atoms with Crippen molar-refractivity contribution in [2.45, 2.75) is 19.4 Å². The molecule has 0 amide bonds. The summed E-state index contributed by atoms with van der Waals surface area (Å²) in [6.07, 6.45) is 4.46. The van der Waals surface area contributed by atoms with Gasteiger partial charge in [-0.05, 0) is 25.0 Å². The molecule has 2 rings (SSSR count). The first-order valence-corrected chi connectivity index (χ1v) is 5.77. The van der Waals surface area contributed by atoms with Crippen molar-refractivity contribution in [2.24, 2.45) is 0 Å². The van der Waals surface area contributed by atoms with Crippen molar-refractivity contribution in [2.75, 3.05) is 5.32 Å². The van der Waals surface area contributed by atoms with Crippen LogP contribution in [0.15, 0.2) is 59.7 Å². The van der Waals surface area contributed by atoms with E-state index in [9.17, 15) is 0 Å². The summed E-state index contributed by atoms with van der Waals surface area (Å²) in [5.41, 5.74) is 2.51. The first-order valence-electron chi connectivity index (χ1n) is 5.77. The van der Waals surface area contributed by atoms with Gasteiger partial charge in [-0.2, -0.15) is 0 Å². The molecular weight excluding hydrogens is 210 g/mol. The molecule has 0 aliphatic heterocycles. The van der Waals surface area contributed by atoms with Crippen LogP contribution in [0.4, 0.5) is 5.88 Å². The Morgan fingerprint density at radius 3 is 2.88 bits per heavy atom. The smallest absolute Gasteiger partial charge is 0.193 e. The highest BCUT2D eigenvalue weighted by atomic mass is 16.3. The zero-order valence-electron chi connectivity index (χ0n) is 10.0. The molecule has 0 saturated carbocycles. The number of nitrogens with one attached hydrogen (secondary N) is 1. The Morgan fingerprint density at radius 1 is 1.35 bits per heavy atom. The first kappa shape index (κ1) is 11.5. The molecule has 0 fully saturated rings. The van der Waals surface area contributed by atoms with Crippen molar-refractivity contribution in [1.29, 1.82) is 0 Å². The van der Waals surface area contributed by atoms with E-state index in [1.165, 1.54) is 11.1 Å². The van der Waals surface area contributed by atoms with Crippen molar-refractivity contribution >= 4 is 5.88 Å². The lowest BCUT2D eigenvalue weighted by molar-refractivity contribution is 0.567. The second kappa shape index (κ2) is 5.39. The summed E-state index contributed by atoms with van der Waals surface area (Å²) in [6.45, 7) is 5.91. The fourth-order valence-electron chi connectivity index (χ4n) is 1.86. The van der Waals surface area contributed by atoms with Gasteiger partial charge in [0, 0.05) is 6.07 Å². The minimum Gasteiger partial charge on any atom is -0.449 e. The van der Waals surface area contributed by atoms with Crippen LogP contribution in [0.25, 0.3) is 0 Å². The number of anilines is 1. The predicted octanol–water partition coefficient (Wildman–Crippen LogP) is 4.32. The highest BCUT2D eigenvalue weighted by Gasteiger charge is 2.10. The molecule has 17 heavy (non-hydrogen) atoms. The summed E-state index contributed by atoms with van der Waals surface area (Å²) < 4.78 is 5.32. The number of rotatable bonds is 5. The lowest BCUT2D eigenvalue weighted by Crippen LogP contribution is -2.09. The normalized spacial score (nSPS) is 12.1. The van der Waals surface area contributed by atoms with E-state index in [0.717, 1.165) is 12.3 Å². The lowest BCUT2D eigenvalue weighted by Gasteiger charge is -2.17. The summed E-state index contributed by atoms with van der Waals surface area (Å²) in [5.74, 6) is 0.790. The van der Waals surface area contributed by atoms with Gasteiger partial charge in [0.05, 0.1) is 12.3 Å². The maximum absolute atomic E-state index is 5.32. The highest BCUT2D eigenvalue weighted by molar-refractivity contribution is 5.36. The summed E-state index contributed by atoms with van der Waals surface area (Å²) >= 11 is 0. The largest absolute Gasteiger partial charge is 0.449 e. The van der Waals surface area contributed by atoms with E-state index in [-0.39, 0.29) is 6.04 Å². The molecule has 0 bridgehead atoms. The fourth-order valence-corrected chi connectivity index (χ4v) is 1.86. The SMILES string of the molecule is C=CCC(Nc1ccco1)c1cccc(C)c1.